The topological polar surface area (TPSA) is 70.6 Å². The van der Waals surface area contributed by atoms with Crippen molar-refractivity contribution in [1.82, 2.24) is 10.6 Å². The number of nitrogens with one attached hydrogen (secondary N) is 2. The predicted octanol–water partition coefficient (Wildman–Crippen LogP) is 1.10. The van der Waals surface area contributed by atoms with Crippen molar-refractivity contribution < 1.29 is 8.42 Å². The quantitative estimate of drug-likeness (QED) is 0.395. The van der Waals surface area contributed by atoms with Gasteiger partial charge in [-0.1, -0.05) is 0 Å². The summed E-state index contributed by atoms with van der Waals surface area (Å²) in [6, 6.07) is 0. The number of guanidine groups is 1. The summed E-state index contributed by atoms with van der Waals surface area (Å²) in [7, 11) is -1.23. The van der Waals surface area contributed by atoms with Crippen molar-refractivity contribution in [3.8, 4) is 0 Å². The van der Waals surface area contributed by atoms with Gasteiger partial charge in [0.25, 0.3) is 0 Å². The summed E-state index contributed by atoms with van der Waals surface area (Å²) < 4.78 is 22.3. The largest absolute Gasteiger partial charge is 0.355 e. The monoisotopic (exact) mass is 421 g/mol. The summed E-state index contributed by atoms with van der Waals surface area (Å²) >= 11 is 1.98. The van der Waals surface area contributed by atoms with E-state index < -0.39 is 9.84 Å². The Morgan fingerprint density at radius 1 is 1.42 bits per heavy atom. The third-order valence-corrected chi connectivity index (χ3v) is 5.40. The first-order valence-electron chi connectivity index (χ1n) is 6.11. The van der Waals surface area contributed by atoms with Gasteiger partial charge in [0.1, 0.15) is 9.84 Å². The van der Waals surface area contributed by atoms with E-state index in [-0.39, 0.29) is 34.5 Å². The van der Waals surface area contributed by atoms with Crippen molar-refractivity contribution in [3.05, 3.63) is 0 Å². The lowest BCUT2D eigenvalue weighted by molar-refractivity contribution is 0.584. The third-order valence-electron chi connectivity index (χ3n) is 2.92. The number of rotatable bonds is 5. The molecule has 114 valence electrons. The molecule has 1 aliphatic rings. The summed E-state index contributed by atoms with van der Waals surface area (Å²) in [5.41, 5.74) is 0. The lowest BCUT2D eigenvalue weighted by Gasteiger charge is -2.24. The van der Waals surface area contributed by atoms with Crippen LogP contribution < -0.4 is 10.6 Å². The highest BCUT2D eigenvalue weighted by Crippen LogP contribution is 2.36. The fraction of sp³-hybridized carbons (Fsp3) is 0.909. The number of hydrogen-bond acceptors (Lipinski definition) is 4. The average Bonchev–Trinajstić information content (AvgIpc) is 2.69. The van der Waals surface area contributed by atoms with Crippen LogP contribution >= 0.6 is 35.7 Å². The highest BCUT2D eigenvalue weighted by atomic mass is 127. The van der Waals surface area contributed by atoms with Crippen LogP contribution in [0.4, 0.5) is 0 Å². The average molecular weight is 421 g/mol. The third kappa shape index (κ3) is 8.23. The lowest BCUT2D eigenvalue weighted by Crippen LogP contribution is -2.44. The van der Waals surface area contributed by atoms with Gasteiger partial charge in [-0.2, -0.15) is 11.8 Å². The molecule has 1 fully saturated rings. The summed E-state index contributed by atoms with van der Waals surface area (Å²) in [4.78, 5) is 4.09. The van der Waals surface area contributed by atoms with Crippen LogP contribution in [0, 0.1) is 0 Å². The van der Waals surface area contributed by atoms with Crippen LogP contribution in [0.2, 0.25) is 0 Å². The van der Waals surface area contributed by atoms with Gasteiger partial charge in [0, 0.05) is 31.1 Å². The number of halogens is 1. The molecule has 1 atom stereocenters. The molecule has 1 heterocycles. The molecule has 0 amide bonds. The Kier molecular flexibility index (Phi) is 8.69. The van der Waals surface area contributed by atoms with Gasteiger partial charge in [0.2, 0.25) is 0 Å². The number of aliphatic imine (C=N–C) groups is 1. The molecule has 1 saturated heterocycles. The Labute approximate surface area is 137 Å². The molecule has 0 saturated carbocycles. The number of sulfone groups is 1. The van der Waals surface area contributed by atoms with Gasteiger partial charge >= 0.3 is 0 Å². The maximum atomic E-state index is 11.0. The van der Waals surface area contributed by atoms with E-state index >= 15 is 0 Å². The minimum Gasteiger partial charge on any atom is -0.355 e. The van der Waals surface area contributed by atoms with Gasteiger partial charge in [-0.3, -0.25) is 4.99 Å². The predicted molar refractivity (Wildman–Crippen MR) is 94.6 cm³/mol. The van der Waals surface area contributed by atoms with Crippen LogP contribution in [-0.2, 0) is 9.84 Å². The standard InChI is InChI=1S/C11H23N3O2S2.HI/c1-11(5-4-7-17-11)9-14-10(12-2)13-6-8-18(3,15)16;/h4-9H2,1-3H3,(H2,12,13,14);1H. The molecule has 0 spiro atoms. The first kappa shape index (κ1) is 19.3. The fourth-order valence-corrected chi connectivity index (χ4v) is 3.54. The van der Waals surface area contributed by atoms with Crippen molar-refractivity contribution in [2.24, 2.45) is 4.99 Å². The van der Waals surface area contributed by atoms with Crippen LogP contribution in [0.5, 0.6) is 0 Å². The first-order valence-corrected chi connectivity index (χ1v) is 9.15. The Morgan fingerprint density at radius 3 is 2.58 bits per heavy atom. The molecule has 0 radical (unpaired) electrons. The van der Waals surface area contributed by atoms with Crippen LogP contribution in [0.1, 0.15) is 19.8 Å². The van der Waals surface area contributed by atoms with Crippen molar-refractivity contribution in [2.75, 3.05) is 37.9 Å². The van der Waals surface area contributed by atoms with Crippen LogP contribution in [0.3, 0.4) is 0 Å². The second-order valence-corrected chi connectivity index (χ2v) is 8.83. The number of thioether (sulfide) groups is 1. The Morgan fingerprint density at radius 2 is 2.11 bits per heavy atom. The molecular formula is C11H24IN3O2S2. The smallest absolute Gasteiger partial charge is 0.191 e. The van der Waals surface area contributed by atoms with Crippen LogP contribution in [0.15, 0.2) is 4.99 Å². The normalized spacial score (nSPS) is 23.8. The summed E-state index contributed by atoms with van der Waals surface area (Å²) in [5, 5.41) is 6.28. The molecule has 1 unspecified atom stereocenters. The van der Waals surface area contributed by atoms with Gasteiger partial charge in [-0.05, 0) is 25.5 Å². The van der Waals surface area contributed by atoms with E-state index in [9.17, 15) is 8.42 Å². The zero-order valence-corrected chi connectivity index (χ0v) is 15.7. The highest BCUT2D eigenvalue weighted by molar-refractivity contribution is 14.0. The van der Waals surface area contributed by atoms with Crippen molar-refractivity contribution >= 4 is 51.5 Å². The molecule has 19 heavy (non-hydrogen) atoms. The van der Waals surface area contributed by atoms with Gasteiger partial charge in [-0.15, -0.1) is 24.0 Å². The minimum absolute atomic E-state index is 0. The maximum absolute atomic E-state index is 11.0. The van der Waals surface area contributed by atoms with E-state index in [2.05, 4.69) is 22.5 Å². The van der Waals surface area contributed by atoms with E-state index in [1.807, 2.05) is 11.8 Å². The van der Waals surface area contributed by atoms with Gasteiger partial charge in [0.05, 0.1) is 5.75 Å². The molecule has 1 rings (SSSR count). The molecule has 2 N–H and O–H groups in total. The molecule has 0 aliphatic carbocycles. The summed E-state index contributed by atoms with van der Waals surface area (Å²) in [5.74, 6) is 2.02. The first-order chi connectivity index (χ1) is 8.35. The SMILES string of the molecule is CN=C(NCCS(C)(=O)=O)NCC1(C)CCCS1.I. The van der Waals surface area contributed by atoms with Crippen LogP contribution in [-0.4, -0.2) is 57.0 Å². The van der Waals surface area contributed by atoms with E-state index in [1.54, 1.807) is 7.05 Å². The second kappa shape index (κ2) is 8.56. The van der Waals surface area contributed by atoms with E-state index in [4.69, 9.17) is 0 Å². The van der Waals surface area contributed by atoms with E-state index in [0.717, 1.165) is 6.54 Å². The second-order valence-electron chi connectivity index (χ2n) is 4.88. The number of hydrogen-bond donors (Lipinski definition) is 2. The zero-order chi connectivity index (χ0) is 13.6. The molecule has 8 heteroatoms. The van der Waals surface area contributed by atoms with Gasteiger partial charge in [-0.25, -0.2) is 8.42 Å². The highest BCUT2D eigenvalue weighted by Gasteiger charge is 2.29. The fourth-order valence-electron chi connectivity index (χ4n) is 1.82. The molecule has 0 aromatic carbocycles. The lowest BCUT2D eigenvalue weighted by atomic mass is 10.1. The molecule has 1 aliphatic heterocycles. The molecular weight excluding hydrogens is 397 g/mol. The van der Waals surface area contributed by atoms with E-state index in [0.29, 0.717) is 12.5 Å². The molecule has 0 bridgehead atoms. The Hall–Kier alpha value is 0.300. The van der Waals surface area contributed by atoms with Gasteiger partial charge in [0.15, 0.2) is 5.96 Å². The molecule has 5 nitrogen and oxygen atoms in total. The summed E-state index contributed by atoms with van der Waals surface area (Å²) in [6.07, 6.45) is 3.72. The van der Waals surface area contributed by atoms with Crippen molar-refractivity contribution in [2.45, 2.75) is 24.5 Å². The molecule has 0 aromatic rings. The van der Waals surface area contributed by atoms with E-state index in [1.165, 1.54) is 24.9 Å². The van der Waals surface area contributed by atoms with Crippen molar-refractivity contribution in [1.29, 1.82) is 0 Å². The maximum Gasteiger partial charge on any atom is 0.191 e. The minimum atomic E-state index is -2.92. The molecule has 0 aromatic heterocycles. The van der Waals surface area contributed by atoms with Gasteiger partial charge < -0.3 is 10.6 Å². The van der Waals surface area contributed by atoms with Crippen LogP contribution in [0.25, 0.3) is 0 Å². The summed E-state index contributed by atoms with van der Waals surface area (Å²) in [6.45, 7) is 3.50. The Balaban J connectivity index is 0.00000324. The number of nitrogens with zero attached hydrogens (tertiary/aromatic N) is 1. The van der Waals surface area contributed by atoms with Crippen molar-refractivity contribution in [3.63, 3.8) is 0 Å². The zero-order valence-electron chi connectivity index (χ0n) is 11.7. The Bertz CT molecular complexity index is 393.